The smallest absolute Gasteiger partial charge is 0.338 e. The number of unbranched alkanes of at least 4 members (excludes halogenated alkanes) is 12. The first kappa shape index (κ1) is 36.1. The summed E-state index contributed by atoms with van der Waals surface area (Å²) in [7, 11) is 0. The average Bonchev–Trinajstić information content (AvgIpc) is 2.91. The van der Waals surface area contributed by atoms with Crippen LogP contribution in [0.5, 0.6) is 0 Å². The van der Waals surface area contributed by atoms with E-state index in [-0.39, 0.29) is 13.2 Å². The zero-order valence-electron chi connectivity index (χ0n) is 22.8. The number of aliphatic hydroxyl groups excluding tert-OH is 6. The Kier molecular flexibility index (Phi) is 24.8. The van der Waals surface area contributed by atoms with Gasteiger partial charge >= 0.3 is 5.97 Å². The Morgan fingerprint density at radius 2 is 1.00 bits per heavy atom. The molecule has 0 aromatic carbocycles. The molecule has 0 saturated heterocycles. The number of carbonyl (C=O) groups is 1. The van der Waals surface area contributed by atoms with E-state index in [1.807, 2.05) is 0 Å². The van der Waals surface area contributed by atoms with Crippen LogP contribution in [-0.4, -0.2) is 107 Å². The van der Waals surface area contributed by atoms with Crippen LogP contribution in [0.25, 0.3) is 0 Å². The number of rotatable bonds is 27. The summed E-state index contributed by atoms with van der Waals surface area (Å²) < 4.78 is 16.3. The number of esters is 1. The SMILES string of the molecule is CCCCCCCCCCCCCCCC(OCC(O)CO)C(OCC(O)CO)C(=O)OCC(O)CO. The van der Waals surface area contributed by atoms with E-state index in [0.717, 1.165) is 25.7 Å². The maximum atomic E-state index is 12.7. The lowest BCUT2D eigenvalue weighted by Gasteiger charge is -2.28. The van der Waals surface area contributed by atoms with Crippen molar-refractivity contribution in [3.05, 3.63) is 0 Å². The van der Waals surface area contributed by atoms with Gasteiger partial charge in [-0.25, -0.2) is 4.79 Å². The van der Waals surface area contributed by atoms with Gasteiger partial charge in [-0.1, -0.05) is 90.4 Å². The van der Waals surface area contributed by atoms with Gasteiger partial charge in [0.05, 0.1) is 39.1 Å². The molecule has 37 heavy (non-hydrogen) atoms. The lowest BCUT2D eigenvalue weighted by atomic mass is 10.0. The summed E-state index contributed by atoms with van der Waals surface area (Å²) in [6, 6.07) is 0. The van der Waals surface area contributed by atoms with Crippen LogP contribution < -0.4 is 0 Å². The fourth-order valence-corrected chi connectivity index (χ4v) is 3.88. The highest BCUT2D eigenvalue weighted by atomic mass is 16.6. The van der Waals surface area contributed by atoms with Gasteiger partial charge in [-0.05, 0) is 6.42 Å². The van der Waals surface area contributed by atoms with Gasteiger partial charge < -0.3 is 44.8 Å². The molecule has 0 aliphatic rings. The van der Waals surface area contributed by atoms with Crippen LogP contribution in [0.2, 0.25) is 0 Å². The minimum absolute atomic E-state index is 0.228. The lowest BCUT2D eigenvalue weighted by molar-refractivity contribution is -0.178. The number of ether oxygens (including phenoxy) is 3. The minimum Gasteiger partial charge on any atom is -0.461 e. The van der Waals surface area contributed by atoms with Crippen molar-refractivity contribution in [2.45, 2.75) is 127 Å². The molecule has 5 atom stereocenters. The number of hydrogen-bond donors (Lipinski definition) is 6. The quantitative estimate of drug-likeness (QED) is 0.0671. The topological polar surface area (TPSA) is 166 Å². The van der Waals surface area contributed by atoms with Gasteiger partial charge in [0.15, 0.2) is 6.10 Å². The molecule has 222 valence electrons. The second-order valence-electron chi connectivity index (χ2n) is 9.80. The maximum Gasteiger partial charge on any atom is 0.338 e. The Labute approximate surface area is 222 Å². The number of hydrogen-bond acceptors (Lipinski definition) is 10. The van der Waals surface area contributed by atoms with E-state index in [1.165, 1.54) is 57.8 Å². The molecule has 0 fully saturated rings. The number of aliphatic hydroxyl groups is 6. The highest BCUT2D eigenvalue weighted by Gasteiger charge is 2.33. The molecule has 0 bridgehead atoms. The van der Waals surface area contributed by atoms with Crippen LogP contribution in [0.15, 0.2) is 0 Å². The fourth-order valence-electron chi connectivity index (χ4n) is 3.88. The van der Waals surface area contributed by atoms with E-state index in [2.05, 4.69) is 6.92 Å². The molecule has 0 heterocycles. The Bertz CT molecular complexity index is 508. The van der Waals surface area contributed by atoms with E-state index in [4.69, 9.17) is 29.5 Å². The van der Waals surface area contributed by atoms with E-state index in [1.54, 1.807) is 0 Å². The third-order valence-corrected chi connectivity index (χ3v) is 6.18. The normalized spacial score (nSPS) is 15.8. The summed E-state index contributed by atoms with van der Waals surface area (Å²) in [4.78, 5) is 12.7. The van der Waals surface area contributed by atoms with Crippen LogP contribution in [0.3, 0.4) is 0 Å². The third-order valence-electron chi connectivity index (χ3n) is 6.18. The summed E-state index contributed by atoms with van der Waals surface area (Å²) >= 11 is 0. The Morgan fingerprint density at radius 1 is 0.595 bits per heavy atom. The van der Waals surface area contributed by atoms with Crippen LogP contribution in [0.1, 0.15) is 96.8 Å². The monoisotopic (exact) mass is 538 g/mol. The molecule has 0 aliphatic heterocycles. The Hall–Kier alpha value is -0.850. The summed E-state index contributed by atoms with van der Waals surface area (Å²) in [5, 5.41) is 56.0. The lowest BCUT2D eigenvalue weighted by Crippen LogP contribution is -2.43. The molecule has 0 aromatic rings. The van der Waals surface area contributed by atoms with Gasteiger partial charge in [-0.3, -0.25) is 0 Å². The van der Waals surface area contributed by atoms with Gasteiger partial charge in [0, 0.05) is 0 Å². The van der Waals surface area contributed by atoms with Gasteiger partial charge in [0.25, 0.3) is 0 Å². The van der Waals surface area contributed by atoms with Crippen LogP contribution >= 0.6 is 0 Å². The van der Waals surface area contributed by atoms with Gasteiger partial charge in [0.1, 0.15) is 24.9 Å². The summed E-state index contributed by atoms with van der Waals surface area (Å²) in [5.74, 6) is -0.851. The molecule has 10 heteroatoms. The highest BCUT2D eigenvalue weighted by molar-refractivity contribution is 5.75. The molecule has 5 unspecified atom stereocenters. The predicted octanol–water partition coefficient (Wildman–Crippen LogP) is 1.84. The van der Waals surface area contributed by atoms with Crippen molar-refractivity contribution in [1.82, 2.24) is 0 Å². The summed E-state index contributed by atoms with van der Waals surface area (Å²) in [6.45, 7) is -0.432. The molecule has 0 spiro atoms. The van der Waals surface area contributed by atoms with E-state index in [0.29, 0.717) is 6.42 Å². The minimum atomic E-state index is -1.28. The van der Waals surface area contributed by atoms with Crippen LogP contribution in [0, 0.1) is 0 Å². The second-order valence-corrected chi connectivity index (χ2v) is 9.80. The fraction of sp³-hybridized carbons (Fsp3) is 0.963. The van der Waals surface area contributed by atoms with Crippen LogP contribution in [0.4, 0.5) is 0 Å². The first-order valence-corrected chi connectivity index (χ1v) is 14.2. The molecule has 0 rings (SSSR count). The number of carbonyl (C=O) groups excluding carboxylic acids is 1. The van der Waals surface area contributed by atoms with Crippen molar-refractivity contribution < 1.29 is 49.6 Å². The van der Waals surface area contributed by atoms with Crippen molar-refractivity contribution >= 4 is 5.97 Å². The molecule has 6 N–H and O–H groups in total. The largest absolute Gasteiger partial charge is 0.461 e. The van der Waals surface area contributed by atoms with E-state index < -0.39 is 62.9 Å². The zero-order valence-corrected chi connectivity index (χ0v) is 22.8. The van der Waals surface area contributed by atoms with Gasteiger partial charge in [-0.15, -0.1) is 0 Å². The van der Waals surface area contributed by atoms with Crippen molar-refractivity contribution in [2.24, 2.45) is 0 Å². The molecule has 0 aliphatic carbocycles. The predicted molar refractivity (Wildman–Crippen MR) is 140 cm³/mol. The maximum absolute atomic E-state index is 12.7. The summed E-state index contributed by atoms with van der Waals surface area (Å²) in [6.07, 6.45) is 10.2. The molecule has 0 saturated carbocycles. The van der Waals surface area contributed by atoms with Gasteiger partial charge in [0.2, 0.25) is 0 Å². The van der Waals surface area contributed by atoms with Crippen molar-refractivity contribution in [1.29, 1.82) is 0 Å². The third kappa shape index (κ3) is 20.7. The Morgan fingerprint density at radius 3 is 1.46 bits per heavy atom. The van der Waals surface area contributed by atoms with Crippen molar-refractivity contribution in [3.8, 4) is 0 Å². The molecule has 0 amide bonds. The zero-order chi connectivity index (χ0) is 27.7. The molecular formula is C27H54O10. The van der Waals surface area contributed by atoms with Crippen LogP contribution in [-0.2, 0) is 19.0 Å². The van der Waals surface area contributed by atoms with E-state index >= 15 is 0 Å². The van der Waals surface area contributed by atoms with Gasteiger partial charge in [-0.2, -0.15) is 0 Å². The first-order valence-electron chi connectivity index (χ1n) is 14.2. The Balaban J connectivity index is 4.64. The summed E-state index contributed by atoms with van der Waals surface area (Å²) in [5.41, 5.74) is 0. The molecule has 0 radical (unpaired) electrons. The standard InChI is InChI=1S/C27H54O10/c1-2-3-4-5-6-7-8-9-10-11-12-13-14-15-25(35-19-22(31)16-28)26(36-20-23(32)17-29)27(34)37-21-24(33)18-30/h22-26,28-33H,2-21H2,1H3. The van der Waals surface area contributed by atoms with Crippen molar-refractivity contribution in [2.75, 3.05) is 39.6 Å². The molecular weight excluding hydrogens is 484 g/mol. The van der Waals surface area contributed by atoms with Crippen molar-refractivity contribution in [3.63, 3.8) is 0 Å². The average molecular weight is 539 g/mol. The first-order chi connectivity index (χ1) is 17.9. The van der Waals surface area contributed by atoms with E-state index in [9.17, 15) is 20.1 Å². The second kappa shape index (κ2) is 25.4. The molecule has 10 nitrogen and oxygen atoms in total. The molecule has 0 aromatic heterocycles. The highest BCUT2D eigenvalue weighted by Crippen LogP contribution is 2.18.